The number of ether oxygens (including phenoxy) is 1. The van der Waals surface area contributed by atoms with Gasteiger partial charge in [0.1, 0.15) is 12.4 Å². The minimum absolute atomic E-state index is 0.0162. The van der Waals surface area contributed by atoms with Gasteiger partial charge in [0.2, 0.25) is 0 Å². The summed E-state index contributed by atoms with van der Waals surface area (Å²) >= 11 is 3.42. The van der Waals surface area contributed by atoms with Crippen LogP contribution in [0.4, 0.5) is 0 Å². The number of halogens is 1. The summed E-state index contributed by atoms with van der Waals surface area (Å²) in [6.45, 7) is 2.20. The molecule has 19 heavy (non-hydrogen) atoms. The van der Waals surface area contributed by atoms with Crippen LogP contribution >= 0.6 is 15.9 Å². The highest BCUT2D eigenvalue weighted by molar-refractivity contribution is 9.10. The van der Waals surface area contributed by atoms with E-state index in [4.69, 9.17) is 10.5 Å². The Morgan fingerprint density at radius 1 is 1.42 bits per heavy atom. The molecule has 1 aromatic carbocycles. The summed E-state index contributed by atoms with van der Waals surface area (Å²) in [4.78, 5) is 0. The van der Waals surface area contributed by atoms with Crippen LogP contribution in [0.2, 0.25) is 0 Å². The molecule has 0 aromatic heterocycles. The van der Waals surface area contributed by atoms with Crippen LogP contribution in [0.1, 0.15) is 18.9 Å². The molecule has 1 rings (SSSR count). The maximum atomic E-state index is 11.1. The van der Waals surface area contributed by atoms with E-state index in [0.717, 1.165) is 16.5 Å². The molecule has 0 heterocycles. The summed E-state index contributed by atoms with van der Waals surface area (Å²) < 4.78 is 28.7. The van der Waals surface area contributed by atoms with Gasteiger partial charge in [-0.3, -0.25) is 0 Å². The van der Waals surface area contributed by atoms with Gasteiger partial charge < -0.3 is 10.5 Å². The standard InChI is InChI=1S/C13H20BrNO3S/c1-3-12(15)9-10-8-11(14)4-5-13(10)18-6-7-19(2,16)17/h4-5,8,12H,3,6-7,9,15H2,1-2H3. The fourth-order valence-corrected chi connectivity index (χ4v) is 2.37. The summed E-state index contributed by atoms with van der Waals surface area (Å²) in [5.74, 6) is 0.721. The van der Waals surface area contributed by atoms with Crippen LogP contribution in [0.25, 0.3) is 0 Å². The predicted octanol–water partition coefficient (Wildman–Crippen LogP) is 2.15. The fraction of sp³-hybridized carbons (Fsp3) is 0.538. The quantitative estimate of drug-likeness (QED) is 0.818. The highest BCUT2D eigenvalue weighted by atomic mass is 79.9. The Morgan fingerprint density at radius 2 is 2.11 bits per heavy atom. The number of rotatable bonds is 7. The van der Waals surface area contributed by atoms with Crippen molar-refractivity contribution < 1.29 is 13.2 Å². The molecule has 0 amide bonds. The lowest BCUT2D eigenvalue weighted by molar-refractivity contribution is 0.336. The van der Waals surface area contributed by atoms with E-state index in [2.05, 4.69) is 15.9 Å². The maximum Gasteiger partial charge on any atom is 0.150 e. The molecule has 1 unspecified atom stereocenters. The third kappa shape index (κ3) is 6.40. The monoisotopic (exact) mass is 349 g/mol. The van der Waals surface area contributed by atoms with Gasteiger partial charge in [0.25, 0.3) is 0 Å². The Kier molecular flexibility index (Phi) is 6.29. The molecular weight excluding hydrogens is 330 g/mol. The lowest BCUT2D eigenvalue weighted by Crippen LogP contribution is -2.22. The molecule has 1 atom stereocenters. The van der Waals surface area contributed by atoms with Crippen molar-refractivity contribution in [1.29, 1.82) is 0 Å². The summed E-state index contributed by atoms with van der Waals surface area (Å²) in [5.41, 5.74) is 6.95. The summed E-state index contributed by atoms with van der Waals surface area (Å²) in [7, 11) is -3.00. The minimum Gasteiger partial charge on any atom is -0.492 e. The van der Waals surface area contributed by atoms with Crippen molar-refractivity contribution in [2.45, 2.75) is 25.8 Å². The van der Waals surface area contributed by atoms with Gasteiger partial charge in [-0.05, 0) is 36.6 Å². The molecule has 0 radical (unpaired) electrons. The van der Waals surface area contributed by atoms with Crippen LogP contribution in [0.5, 0.6) is 5.75 Å². The summed E-state index contributed by atoms with van der Waals surface area (Å²) in [6.07, 6.45) is 2.80. The van der Waals surface area contributed by atoms with Gasteiger partial charge in [0.05, 0.1) is 5.75 Å². The van der Waals surface area contributed by atoms with Crippen molar-refractivity contribution >= 4 is 25.8 Å². The molecule has 6 heteroatoms. The van der Waals surface area contributed by atoms with E-state index >= 15 is 0 Å². The Labute approximate surface area is 123 Å². The molecule has 2 N–H and O–H groups in total. The van der Waals surface area contributed by atoms with E-state index in [1.54, 1.807) is 0 Å². The van der Waals surface area contributed by atoms with Gasteiger partial charge in [-0.15, -0.1) is 0 Å². The molecule has 0 aliphatic heterocycles. The Hall–Kier alpha value is -0.590. The van der Waals surface area contributed by atoms with E-state index in [1.165, 1.54) is 6.26 Å². The van der Waals surface area contributed by atoms with E-state index in [0.29, 0.717) is 12.2 Å². The zero-order chi connectivity index (χ0) is 14.5. The third-order valence-corrected chi connectivity index (χ3v) is 4.14. The second kappa shape index (κ2) is 7.26. The maximum absolute atomic E-state index is 11.1. The van der Waals surface area contributed by atoms with Gasteiger partial charge >= 0.3 is 0 Å². The molecule has 0 bridgehead atoms. The third-order valence-electron chi connectivity index (χ3n) is 2.74. The number of hydrogen-bond donors (Lipinski definition) is 1. The summed E-state index contributed by atoms with van der Waals surface area (Å²) in [6, 6.07) is 5.75. The number of hydrogen-bond acceptors (Lipinski definition) is 4. The number of sulfone groups is 1. The zero-order valence-electron chi connectivity index (χ0n) is 11.2. The normalized spacial score (nSPS) is 13.3. The van der Waals surface area contributed by atoms with Crippen molar-refractivity contribution in [3.8, 4) is 5.75 Å². The van der Waals surface area contributed by atoms with Gasteiger partial charge in [0.15, 0.2) is 9.84 Å². The largest absolute Gasteiger partial charge is 0.492 e. The van der Waals surface area contributed by atoms with Crippen molar-refractivity contribution in [3.63, 3.8) is 0 Å². The van der Waals surface area contributed by atoms with Crippen LogP contribution in [0.3, 0.4) is 0 Å². The highest BCUT2D eigenvalue weighted by Crippen LogP contribution is 2.24. The summed E-state index contributed by atoms with van der Waals surface area (Å²) in [5, 5.41) is 0. The van der Waals surface area contributed by atoms with Crippen LogP contribution in [-0.2, 0) is 16.3 Å². The molecule has 0 fully saturated rings. The van der Waals surface area contributed by atoms with Gasteiger partial charge in [0, 0.05) is 16.8 Å². The van der Waals surface area contributed by atoms with E-state index in [9.17, 15) is 8.42 Å². The lowest BCUT2D eigenvalue weighted by atomic mass is 10.0. The first-order valence-electron chi connectivity index (χ1n) is 6.16. The van der Waals surface area contributed by atoms with Crippen LogP contribution in [0, 0.1) is 0 Å². The lowest BCUT2D eigenvalue weighted by Gasteiger charge is -2.14. The Bertz CT molecular complexity index is 517. The zero-order valence-corrected chi connectivity index (χ0v) is 13.6. The molecule has 0 saturated heterocycles. The molecule has 4 nitrogen and oxygen atoms in total. The molecule has 0 aliphatic rings. The number of benzene rings is 1. The molecule has 0 aliphatic carbocycles. The minimum atomic E-state index is -3.00. The van der Waals surface area contributed by atoms with E-state index in [-0.39, 0.29) is 18.4 Å². The van der Waals surface area contributed by atoms with Crippen molar-refractivity contribution in [3.05, 3.63) is 28.2 Å². The Morgan fingerprint density at radius 3 is 2.68 bits per heavy atom. The average Bonchev–Trinajstić information content (AvgIpc) is 2.30. The fourth-order valence-electron chi connectivity index (χ4n) is 1.58. The molecule has 108 valence electrons. The second-order valence-corrected chi connectivity index (χ2v) is 7.78. The molecule has 0 spiro atoms. The van der Waals surface area contributed by atoms with Gasteiger partial charge in [-0.1, -0.05) is 22.9 Å². The molecule has 0 saturated carbocycles. The second-order valence-electron chi connectivity index (χ2n) is 4.60. The SMILES string of the molecule is CCC(N)Cc1cc(Br)ccc1OCCS(C)(=O)=O. The first-order valence-corrected chi connectivity index (χ1v) is 9.01. The first-order chi connectivity index (χ1) is 8.81. The van der Waals surface area contributed by atoms with Gasteiger partial charge in [-0.25, -0.2) is 8.42 Å². The predicted molar refractivity (Wildman–Crippen MR) is 81.3 cm³/mol. The van der Waals surface area contributed by atoms with Crippen LogP contribution < -0.4 is 10.5 Å². The molecule has 1 aromatic rings. The van der Waals surface area contributed by atoms with Crippen molar-refractivity contribution in [1.82, 2.24) is 0 Å². The van der Waals surface area contributed by atoms with Crippen molar-refractivity contribution in [2.75, 3.05) is 18.6 Å². The van der Waals surface area contributed by atoms with Crippen LogP contribution in [0.15, 0.2) is 22.7 Å². The smallest absolute Gasteiger partial charge is 0.150 e. The van der Waals surface area contributed by atoms with E-state index in [1.807, 2.05) is 25.1 Å². The highest BCUT2D eigenvalue weighted by Gasteiger charge is 2.10. The first kappa shape index (κ1) is 16.5. The van der Waals surface area contributed by atoms with Crippen LogP contribution in [-0.4, -0.2) is 33.1 Å². The topological polar surface area (TPSA) is 69.4 Å². The Balaban J connectivity index is 2.76. The molecular formula is C13H20BrNO3S. The van der Waals surface area contributed by atoms with Gasteiger partial charge in [-0.2, -0.15) is 0 Å². The van der Waals surface area contributed by atoms with E-state index < -0.39 is 9.84 Å². The average molecular weight is 350 g/mol. The number of nitrogens with two attached hydrogens (primary N) is 1. The van der Waals surface area contributed by atoms with Crippen molar-refractivity contribution in [2.24, 2.45) is 5.73 Å².